The highest BCUT2D eigenvalue weighted by molar-refractivity contribution is 9.10. The maximum absolute atomic E-state index is 3.65. The van der Waals surface area contributed by atoms with Crippen LogP contribution in [0, 0.1) is 6.92 Å². The molecule has 0 heterocycles. The molecule has 2 aromatic rings. The van der Waals surface area contributed by atoms with E-state index in [2.05, 4.69) is 83.6 Å². The topological polar surface area (TPSA) is 12.0 Å². The molecule has 21 heavy (non-hydrogen) atoms. The third-order valence-electron chi connectivity index (χ3n) is 3.45. The van der Waals surface area contributed by atoms with Gasteiger partial charge in [0.05, 0.1) is 0 Å². The summed E-state index contributed by atoms with van der Waals surface area (Å²) < 4.78 is 1.20. The fourth-order valence-electron chi connectivity index (χ4n) is 2.32. The Balaban J connectivity index is 1.99. The van der Waals surface area contributed by atoms with Gasteiger partial charge in [-0.15, -0.1) is 11.8 Å². The van der Waals surface area contributed by atoms with Gasteiger partial charge >= 0.3 is 0 Å². The van der Waals surface area contributed by atoms with Crippen LogP contribution in [0.5, 0.6) is 0 Å². The summed E-state index contributed by atoms with van der Waals surface area (Å²) in [6, 6.07) is 17.6. The van der Waals surface area contributed by atoms with Crippen molar-refractivity contribution in [1.29, 1.82) is 0 Å². The minimum atomic E-state index is 0.485. The maximum Gasteiger partial charge on any atom is 0.0207 e. The van der Waals surface area contributed by atoms with Crippen LogP contribution in [-0.4, -0.2) is 18.3 Å². The average molecular weight is 364 g/mol. The van der Waals surface area contributed by atoms with Gasteiger partial charge in [0.1, 0.15) is 0 Å². The summed E-state index contributed by atoms with van der Waals surface area (Å²) in [4.78, 5) is 1.38. The molecule has 0 spiro atoms. The number of halogens is 1. The van der Waals surface area contributed by atoms with E-state index in [1.807, 2.05) is 11.8 Å². The molecule has 112 valence electrons. The van der Waals surface area contributed by atoms with Crippen LogP contribution in [-0.2, 0) is 6.42 Å². The van der Waals surface area contributed by atoms with Gasteiger partial charge in [0.25, 0.3) is 0 Å². The van der Waals surface area contributed by atoms with E-state index >= 15 is 0 Å². The number of hydrogen-bond donors (Lipinski definition) is 1. The van der Waals surface area contributed by atoms with E-state index in [0.29, 0.717) is 6.04 Å². The zero-order valence-corrected chi connectivity index (χ0v) is 15.0. The monoisotopic (exact) mass is 363 g/mol. The quantitative estimate of drug-likeness (QED) is 0.689. The van der Waals surface area contributed by atoms with Crippen LogP contribution in [0.3, 0.4) is 0 Å². The third-order valence-corrected chi connectivity index (χ3v) is 5.56. The lowest BCUT2D eigenvalue weighted by Crippen LogP contribution is -2.33. The summed E-state index contributed by atoms with van der Waals surface area (Å²) in [5.41, 5.74) is 2.73. The van der Waals surface area contributed by atoms with Gasteiger partial charge in [0, 0.05) is 21.2 Å². The number of hydrogen-bond acceptors (Lipinski definition) is 2. The van der Waals surface area contributed by atoms with Gasteiger partial charge in [-0.25, -0.2) is 0 Å². The fraction of sp³-hybridized carbons (Fsp3) is 0.333. The van der Waals surface area contributed by atoms with Crippen LogP contribution >= 0.6 is 27.7 Å². The van der Waals surface area contributed by atoms with Crippen LogP contribution in [0.1, 0.15) is 18.1 Å². The normalized spacial score (nSPS) is 12.3. The smallest absolute Gasteiger partial charge is 0.0207 e. The first-order chi connectivity index (χ1) is 10.2. The Bertz CT molecular complexity index is 571. The van der Waals surface area contributed by atoms with Crippen molar-refractivity contribution >= 4 is 27.7 Å². The zero-order chi connectivity index (χ0) is 15.1. The molecule has 0 saturated carbocycles. The predicted molar refractivity (Wildman–Crippen MR) is 97.2 cm³/mol. The number of aryl methyl sites for hydroxylation is 1. The van der Waals surface area contributed by atoms with Crippen LogP contribution in [0.25, 0.3) is 0 Å². The third kappa shape index (κ3) is 5.17. The Morgan fingerprint density at radius 1 is 1.10 bits per heavy atom. The highest BCUT2D eigenvalue weighted by Crippen LogP contribution is 2.24. The Kier molecular flexibility index (Phi) is 6.81. The van der Waals surface area contributed by atoms with E-state index in [1.54, 1.807) is 0 Å². The molecule has 0 amide bonds. The van der Waals surface area contributed by atoms with Crippen LogP contribution in [0.2, 0.25) is 0 Å². The molecular formula is C18H22BrNS. The lowest BCUT2D eigenvalue weighted by Gasteiger charge is -2.19. The van der Waals surface area contributed by atoms with E-state index in [1.165, 1.54) is 20.5 Å². The molecule has 1 atom stereocenters. The Labute approximate surface area is 140 Å². The molecule has 2 rings (SSSR count). The zero-order valence-electron chi connectivity index (χ0n) is 12.6. The Morgan fingerprint density at radius 3 is 2.52 bits per heavy atom. The Hall–Kier alpha value is -0.770. The molecule has 0 aliphatic rings. The predicted octanol–water partition coefficient (Wildman–Crippen LogP) is 5.07. The molecule has 0 aliphatic carbocycles. The van der Waals surface area contributed by atoms with Crippen molar-refractivity contribution in [3.8, 4) is 0 Å². The summed E-state index contributed by atoms with van der Waals surface area (Å²) in [7, 11) is 0. The van der Waals surface area contributed by atoms with Gasteiger partial charge in [0.15, 0.2) is 0 Å². The molecule has 0 aliphatic heterocycles. The molecule has 1 nitrogen and oxygen atoms in total. The second-order valence-electron chi connectivity index (χ2n) is 5.13. The first-order valence-electron chi connectivity index (χ1n) is 7.36. The van der Waals surface area contributed by atoms with Crippen LogP contribution < -0.4 is 5.32 Å². The molecule has 3 heteroatoms. The summed E-state index contributed by atoms with van der Waals surface area (Å²) >= 11 is 5.59. The van der Waals surface area contributed by atoms with E-state index in [0.717, 1.165) is 18.7 Å². The van der Waals surface area contributed by atoms with Gasteiger partial charge < -0.3 is 5.32 Å². The minimum Gasteiger partial charge on any atom is -0.313 e. The number of rotatable bonds is 7. The highest BCUT2D eigenvalue weighted by atomic mass is 79.9. The lowest BCUT2D eigenvalue weighted by atomic mass is 10.1. The molecule has 2 aromatic carbocycles. The maximum atomic E-state index is 3.65. The van der Waals surface area contributed by atoms with Crippen molar-refractivity contribution in [2.24, 2.45) is 0 Å². The van der Waals surface area contributed by atoms with E-state index < -0.39 is 0 Å². The van der Waals surface area contributed by atoms with Gasteiger partial charge in [-0.3, -0.25) is 0 Å². The largest absolute Gasteiger partial charge is 0.313 e. The second-order valence-corrected chi connectivity index (χ2v) is 7.04. The summed E-state index contributed by atoms with van der Waals surface area (Å²) in [5, 5.41) is 3.61. The SMILES string of the molecule is CCNC(CSc1ccccc1C)Cc1ccccc1Br. The van der Waals surface area contributed by atoms with E-state index in [-0.39, 0.29) is 0 Å². The van der Waals surface area contributed by atoms with E-state index in [9.17, 15) is 0 Å². The lowest BCUT2D eigenvalue weighted by molar-refractivity contribution is 0.572. The van der Waals surface area contributed by atoms with Crippen LogP contribution in [0.4, 0.5) is 0 Å². The van der Waals surface area contributed by atoms with Crippen molar-refractivity contribution in [3.63, 3.8) is 0 Å². The van der Waals surface area contributed by atoms with Crippen molar-refractivity contribution in [2.75, 3.05) is 12.3 Å². The molecule has 0 saturated heterocycles. The molecule has 1 N–H and O–H groups in total. The van der Waals surface area contributed by atoms with Gasteiger partial charge in [-0.2, -0.15) is 0 Å². The first-order valence-corrected chi connectivity index (χ1v) is 9.13. The van der Waals surface area contributed by atoms with Crippen molar-refractivity contribution in [1.82, 2.24) is 5.32 Å². The van der Waals surface area contributed by atoms with Crippen molar-refractivity contribution in [3.05, 3.63) is 64.1 Å². The summed E-state index contributed by atoms with van der Waals surface area (Å²) in [6.07, 6.45) is 1.05. The van der Waals surface area contributed by atoms with Crippen molar-refractivity contribution in [2.45, 2.75) is 31.2 Å². The highest BCUT2D eigenvalue weighted by Gasteiger charge is 2.11. The standard InChI is InChI=1S/C18H22BrNS/c1-3-20-16(12-15-9-5-6-10-17(15)19)13-21-18-11-7-4-8-14(18)2/h4-11,16,20H,3,12-13H2,1-2H3. The van der Waals surface area contributed by atoms with E-state index in [4.69, 9.17) is 0 Å². The first kappa shape index (κ1) is 16.6. The Morgan fingerprint density at radius 2 is 1.81 bits per heavy atom. The summed E-state index contributed by atoms with van der Waals surface area (Å²) in [5.74, 6) is 1.08. The number of thioether (sulfide) groups is 1. The molecule has 1 unspecified atom stereocenters. The van der Waals surface area contributed by atoms with Crippen LogP contribution in [0.15, 0.2) is 57.9 Å². The molecule has 0 fully saturated rings. The minimum absolute atomic E-state index is 0.485. The summed E-state index contributed by atoms with van der Waals surface area (Å²) in [6.45, 7) is 5.35. The molecule has 0 radical (unpaired) electrons. The second kappa shape index (κ2) is 8.62. The number of benzene rings is 2. The van der Waals surface area contributed by atoms with Crippen molar-refractivity contribution < 1.29 is 0 Å². The van der Waals surface area contributed by atoms with Gasteiger partial charge in [-0.1, -0.05) is 59.3 Å². The molecule has 0 aromatic heterocycles. The average Bonchev–Trinajstić information content (AvgIpc) is 2.48. The van der Waals surface area contributed by atoms with Gasteiger partial charge in [0.2, 0.25) is 0 Å². The molecular weight excluding hydrogens is 342 g/mol. The van der Waals surface area contributed by atoms with Gasteiger partial charge in [-0.05, 0) is 43.1 Å². The molecule has 0 bridgehead atoms. The number of likely N-dealkylation sites (N-methyl/N-ethyl adjacent to an activating group) is 1. The number of nitrogens with one attached hydrogen (secondary N) is 1. The fourth-order valence-corrected chi connectivity index (χ4v) is 3.85.